The summed E-state index contributed by atoms with van der Waals surface area (Å²) in [5.41, 5.74) is 22.3. The average Bonchev–Trinajstić information content (AvgIpc) is 3.83. The van der Waals surface area contributed by atoms with E-state index in [2.05, 4.69) is 284 Å². The van der Waals surface area contributed by atoms with Gasteiger partial charge in [0.25, 0.3) is 0 Å². The molecule has 14 rings (SSSR count). The molecule has 0 saturated carbocycles. The largest absolute Gasteiger partial charge is 0.294 e. The molecule has 0 aliphatic rings. The van der Waals surface area contributed by atoms with Gasteiger partial charge in [0.05, 0.1) is 5.52 Å². The summed E-state index contributed by atoms with van der Waals surface area (Å²) in [6.07, 6.45) is 1.88. The minimum Gasteiger partial charge on any atom is -0.294 e. The molecule has 2 nitrogen and oxygen atoms in total. The maximum atomic E-state index is 4.81. The SMILES string of the molecule is c1ccc(-c2cccc(-c3cccc(-c4c5ccccc5c(-c5cccc(-c6cccc(-c7ccccc7)c6)c5)c5cc(-c6ccc(-c7ccc(-n8c9ccccc9c9cccnc98)cc7)cc6)ccc45)c3)c2)cc1. The van der Waals surface area contributed by atoms with Crippen molar-refractivity contribution in [3.05, 3.63) is 291 Å². The fourth-order valence-corrected chi connectivity index (χ4v) is 11.4. The second-order valence-electron chi connectivity index (χ2n) is 19.5. The van der Waals surface area contributed by atoms with Crippen LogP contribution < -0.4 is 0 Å². The summed E-state index contributed by atoms with van der Waals surface area (Å²) in [4.78, 5) is 4.81. The first-order valence-electron chi connectivity index (χ1n) is 25.8. The molecule has 12 aromatic carbocycles. The predicted molar refractivity (Wildman–Crippen MR) is 317 cm³/mol. The van der Waals surface area contributed by atoms with E-state index in [1.165, 1.54) is 116 Å². The summed E-state index contributed by atoms with van der Waals surface area (Å²) in [6.45, 7) is 0. The summed E-state index contributed by atoms with van der Waals surface area (Å²) >= 11 is 0. The number of aromatic nitrogens is 2. The molecule has 0 amide bonds. The molecule has 0 unspecified atom stereocenters. The van der Waals surface area contributed by atoms with Gasteiger partial charge in [0.2, 0.25) is 0 Å². The maximum absolute atomic E-state index is 4.81. The Bertz CT molecular complexity index is 4380. The highest BCUT2D eigenvalue weighted by Crippen LogP contribution is 2.46. The second-order valence-corrected chi connectivity index (χ2v) is 19.5. The molecule has 14 aromatic rings. The molecule has 2 aromatic heterocycles. The highest BCUT2D eigenvalue weighted by atomic mass is 15.0. The van der Waals surface area contributed by atoms with E-state index in [0.29, 0.717) is 0 Å². The molecule has 0 fully saturated rings. The van der Waals surface area contributed by atoms with Crippen molar-refractivity contribution in [3.63, 3.8) is 0 Å². The zero-order valence-corrected chi connectivity index (χ0v) is 41.1. The highest BCUT2D eigenvalue weighted by molar-refractivity contribution is 6.22. The summed E-state index contributed by atoms with van der Waals surface area (Å²) in [5, 5.41) is 7.25. The van der Waals surface area contributed by atoms with Crippen molar-refractivity contribution >= 4 is 43.5 Å². The number of fused-ring (bicyclic) bond motifs is 5. The van der Waals surface area contributed by atoms with Gasteiger partial charge in [-0.3, -0.25) is 4.57 Å². The normalized spacial score (nSPS) is 11.5. The summed E-state index contributed by atoms with van der Waals surface area (Å²) < 4.78 is 2.27. The maximum Gasteiger partial charge on any atom is 0.145 e. The van der Waals surface area contributed by atoms with Crippen LogP contribution in [-0.4, -0.2) is 9.55 Å². The molecule has 0 atom stereocenters. The van der Waals surface area contributed by atoms with E-state index in [0.717, 1.165) is 22.2 Å². The number of hydrogen-bond acceptors (Lipinski definition) is 1. The first kappa shape index (κ1) is 43.9. The molecule has 0 N–H and O–H groups in total. The lowest BCUT2D eigenvalue weighted by atomic mass is 9.83. The smallest absolute Gasteiger partial charge is 0.145 e. The average molecular weight is 953 g/mol. The van der Waals surface area contributed by atoms with Gasteiger partial charge in [-0.15, -0.1) is 0 Å². The number of nitrogens with zero attached hydrogens (tertiary/aromatic N) is 2. The van der Waals surface area contributed by atoms with Crippen molar-refractivity contribution < 1.29 is 0 Å². The minimum absolute atomic E-state index is 0.967. The van der Waals surface area contributed by atoms with Gasteiger partial charge in [-0.25, -0.2) is 4.98 Å². The Labute approximate surface area is 436 Å². The lowest BCUT2D eigenvalue weighted by Gasteiger charge is -2.20. The van der Waals surface area contributed by atoms with Crippen LogP contribution >= 0.6 is 0 Å². The molecule has 0 radical (unpaired) electrons. The monoisotopic (exact) mass is 952 g/mol. The number of para-hydroxylation sites is 1. The van der Waals surface area contributed by atoms with Crippen molar-refractivity contribution in [1.29, 1.82) is 0 Å². The standard InChI is InChI=1S/C73H48N2/c1-3-16-49(17-4-1)54-20-11-22-56(44-54)58-24-13-26-61(46-58)71-65-29-7-8-30-66(65)72(62-27-14-25-59(47-62)57-23-12-21-55(45-57)50-18-5-2-6-19-50)69-48-60(39-42-67(69)71)53-35-33-51(34-36-53)52-37-40-63(41-38-52)75-70-32-10-9-28-64(70)68-31-15-43-74-73(68)75/h1-48H. The molecule has 0 bridgehead atoms. The number of benzene rings is 12. The fourth-order valence-electron chi connectivity index (χ4n) is 11.4. The van der Waals surface area contributed by atoms with Crippen molar-refractivity contribution in [3.8, 4) is 94.7 Å². The molecule has 0 spiro atoms. The predicted octanol–water partition coefficient (Wildman–Crippen LogP) is 19.8. The molecule has 0 saturated heterocycles. The Morgan fingerprint density at radius 3 is 1.11 bits per heavy atom. The van der Waals surface area contributed by atoms with Crippen LogP contribution in [0.3, 0.4) is 0 Å². The van der Waals surface area contributed by atoms with Crippen LogP contribution in [0.25, 0.3) is 138 Å². The van der Waals surface area contributed by atoms with E-state index >= 15 is 0 Å². The Morgan fingerprint density at radius 2 is 0.560 bits per heavy atom. The van der Waals surface area contributed by atoms with Crippen LogP contribution in [0, 0.1) is 0 Å². The Morgan fingerprint density at radius 1 is 0.213 bits per heavy atom. The molecule has 0 aliphatic heterocycles. The molecule has 75 heavy (non-hydrogen) atoms. The first-order valence-corrected chi connectivity index (χ1v) is 25.8. The van der Waals surface area contributed by atoms with E-state index < -0.39 is 0 Å². The van der Waals surface area contributed by atoms with Gasteiger partial charge in [-0.05, 0) is 171 Å². The molecule has 0 aliphatic carbocycles. The van der Waals surface area contributed by atoms with Gasteiger partial charge in [-0.1, -0.05) is 224 Å². The van der Waals surface area contributed by atoms with E-state index in [9.17, 15) is 0 Å². The van der Waals surface area contributed by atoms with Crippen LogP contribution in [0.15, 0.2) is 291 Å². The van der Waals surface area contributed by atoms with Gasteiger partial charge in [0.1, 0.15) is 5.65 Å². The van der Waals surface area contributed by atoms with Crippen LogP contribution in [0.5, 0.6) is 0 Å². The van der Waals surface area contributed by atoms with Gasteiger partial charge in [-0.2, -0.15) is 0 Å². The lowest BCUT2D eigenvalue weighted by molar-refractivity contribution is 1.14. The molecular formula is C73H48N2. The number of pyridine rings is 1. The van der Waals surface area contributed by atoms with Gasteiger partial charge in [0, 0.05) is 22.7 Å². The molecular weight excluding hydrogens is 905 g/mol. The van der Waals surface area contributed by atoms with Gasteiger partial charge < -0.3 is 0 Å². The van der Waals surface area contributed by atoms with Crippen LogP contribution in [0.1, 0.15) is 0 Å². The van der Waals surface area contributed by atoms with E-state index in [1.54, 1.807) is 0 Å². The van der Waals surface area contributed by atoms with Crippen molar-refractivity contribution in [2.45, 2.75) is 0 Å². The van der Waals surface area contributed by atoms with E-state index in [4.69, 9.17) is 4.98 Å². The van der Waals surface area contributed by atoms with Crippen LogP contribution in [0.2, 0.25) is 0 Å². The molecule has 350 valence electrons. The summed E-state index contributed by atoms with van der Waals surface area (Å²) in [7, 11) is 0. The summed E-state index contributed by atoms with van der Waals surface area (Å²) in [6, 6.07) is 104. The summed E-state index contributed by atoms with van der Waals surface area (Å²) in [5.74, 6) is 0. The zero-order valence-electron chi connectivity index (χ0n) is 41.1. The van der Waals surface area contributed by atoms with Crippen LogP contribution in [-0.2, 0) is 0 Å². The third-order valence-electron chi connectivity index (χ3n) is 15.0. The number of rotatable bonds is 9. The highest BCUT2D eigenvalue weighted by Gasteiger charge is 2.20. The number of hydrogen-bond donors (Lipinski definition) is 0. The zero-order chi connectivity index (χ0) is 49.7. The third kappa shape index (κ3) is 7.97. The van der Waals surface area contributed by atoms with Crippen molar-refractivity contribution in [1.82, 2.24) is 9.55 Å². The fraction of sp³-hybridized carbons (Fsp3) is 0. The Hall–Kier alpha value is -9.89. The third-order valence-corrected chi connectivity index (χ3v) is 15.0. The molecule has 2 heteroatoms. The molecule has 2 heterocycles. The topological polar surface area (TPSA) is 17.8 Å². The van der Waals surface area contributed by atoms with Crippen molar-refractivity contribution in [2.24, 2.45) is 0 Å². The van der Waals surface area contributed by atoms with Crippen LogP contribution in [0.4, 0.5) is 0 Å². The van der Waals surface area contributed by atoms with Gasteiger partial charge in [0.15, 0.2) is 0 Å². The second kappa shape index (κ2) is 18.6. The first-order chi connectivity index (χ1) is 37.2. The lowest BCUT2D eigenvalue weighted by Crippen LogP contribution is -1.95. The van der Waals surface area contributed by atoms with E-state index in [1.807, 2.05) is 12.3 Å². The minimum atomic E-state index is 0.967. The Balaban J connectivity index is 0.894. The van der Waals surface area contributed by atoms with Crippen molar-refractivity contribution in [2.75, 3.05) is 0 Å². The quantitative estimate of drug-likeness (QED) is 0.132. The Kier molecular flexibility index (Phi) is 10.9. The van der Waals surface area contributed by atoms with Gasteiger partial charge >= 0.3 is 0 Å². The van der Waals surface area contributed by atoms with E-state index in [-0.39, 0.29) is 0 Å².